The van der Waals surface area contributed by atoms with Crippen LogP contribution >= 0.6 is 24.0 Å². The molecule has 0 spiro atoms. The van der Waals surface area contributed by atoms with Crippen LogP contribution in [0.5, 0.6) is 0 Å². The SMILES string of the molecule is CCN(CC)Cc1ccc(CNC(=NC)NCCOC)cc1.I. The molecule has 0 aliphatic heterocycles. The van der Waals surface area contributed by atoms with Crippen LogP contribution in [0, 0.1) is 0 Å². The smallest absolute Gasteiger partial charge is 0.191 e. The Morgan fingerprint density at radius 2 is 1.70 bits per heavy atom. The van der Waals surface area contributed by atoms with Gasteiger partial charge in [0, 0.05) is 33.8 Å². The van der Waals surface area contributed by atoms with Crippen molar-refractivity contribution in [3.63, 3.8) is 0 Å². The molecule has 0 atom stereocenters. The average Bonchev–Trinajstić information content (AvgIpc) is 2.57. The van der Waals surface area contributed by atoms with Gasteiger partial charge in [0.15, 0.2) is 5.96 Å². The van der Waals surface area contributed by atoms with E-state index in [9.17, 15) is 0 Å². The molecule has 1 aromatic carbocycles. The molecule has 2 N–H and O–H groups in total. The van der Waals surface area contributed by atoms with Gasteiger partial charge in [-0.3, -0.25) is 9.89 Å². The van der Waals surface area contributed by atoms with Crippen molar-refractivity contribution in [2.75, 3.05) is 40.4 Å². The zero-order chi connectivity index (χ0) is 16.2. The molecule has 0 amide bonds. The van der Waals surface area contributed by atoms with Crippen molar-refractivity contribution in [3.05, 3.63) is 35.4 Å². The number of halogens is 1. The van der Waals surface area contributed by atoms with Crippen molar-refractivity contribution in [1.82, 2.24) is 15.5 Å². The summed E-state index contributed by atoms with van der Waals surface area (Å²) in [7, 11) is 3.47. The lowest BCUT2D eigenvalue weighted by Gasteiger charge is -2.18. The summed E-state index contributed by atoms with van der Waals surface area (Å²) in [6, 6.07) is 8.76. The Morgan fingerprint density at radius 3 is 2.22 bits per heavy atom. The second kappa shape index (κ2) is 13.6. The highest BCUT2D eigenvalue weighted by atomic mass is 127. The van der Waals surface area contributed by atoms with Gasteiger partial charge in [-0.1, -0.05) is 38.1 Å². The molecule has 0 unspecified atom stereocenters. The molecule has 23 heavy (non-hydrogen) atoms. The van der Waals surface area contributed by atoms with E-state index in [-0.39, 0.29) is 24.0 Å². The molecule has 0 bridgehead atoms. The number of hydrogen-bond donors (Lipinski definition) is 2. The van der Waals surface area contributed by atoms with E-state index < -0.39 is 0 Å². The molecular formula is C17H31IN4O. The van der Waals surface area contributed by atoms with Crippen molar-refractivity contribution in [2.45, 2.75) is 26.9 Å². The third kappa shape index (κ3) is 9.12. The van der Waals surface area contributed by atoms with Crippen LogP contribution in [0.25, 0.3) is 0 Å². The quantitative estimate of drug-likeness (QED) is 0.271. The minimum atomic E-state index is 0. The molecule has 0 aliphatic rings. The topological polar surface area (TPSA) is 48.9 Å². The molecule has 5 nitrogen and oxygen atoms in total. The summed E-state index contributed by atoms with van der Waals surface area (Å²) in [6.07, 6.45) is 0. The standard InChI is InChI=1S/C17H30N4O.HI/c1-5-21(6-2)14-16-9-7-15(8-10-16)13-20-17(18-3)19-11-12-22-4;/h7-10H,5-6,11-14H2,1-4H3,(H2,18,19,20);1H. The summed E-state index contributed by atoms with van der Waals surface area (Å²) in [4.78, 5) is 6.60. The molecule has 1 aromatic rings. The van der Waals surface area contributed by atoms with Gasteiger partial charge >= 0.3 is 0 Å². The first-order chi connectivity index (χ1) is 10.7. The number of benzene rings is 1. The van der Waals surface area contributed by atoms with E-state index in [1.54, 1.807) is 14.2 Å². The van der Waals surface area contributed by atoms with Gasteiger partial charge in [0.2, 0.25) is 0 Å². The summed E-state index contributed by atoms with van der Waals surface area (Å²) in [5.74, 6) is 0.796. The lowest BCUT2D eigenvalue weighted by Crippen LogP contribution is -2.38. The Kier molecular flexibility index (Phi) is 13.1. The number of nitrogens with zero attached hydrogens (tertiary/aromatic N) is 2. The first-order valence-electron chi connectivity index (χ1n) is 7.97. The van der Waals surface area contributed by atoms with E-state index in [0.29, 0.717) is 6.61 Å². The number of aliphatic imine (C=N–C) groups is 1. The van der Waals surface area contributed by atoms with Crippen molar-refractivity contribution < 1.29 is 4.74 Å². The highest BCUT2D eigenvalue weighted by Crippen LogP contribution is 2.07. The van der Waals surface area contributed by atoms with Crippen LogP contribution in [0.4, 0.5) is 0 Å². The Labute approximate surface area is 157 Å². The molecule has 0 fully saturated rings. The molecule has 0 aliphatic carbocycles. The highest BCUT2D eigenvalue weighted by molar-refractivity contribution is 14.0. The van der Waals surface area contributed by atoms with Crippen LogP contribution < -0.4 is 10.6 Å². The van der Waals surface area contributed by atoms with Gasteiger partial charge in [-0.25, -0.2) is 0 Å². The van der Waals surface area contributed by atoms with Crippen molar-refractivity contribution >= 4 is 29.9 Å². The van der Waals surface area contributed by atoms with E-state index in [0.717, 1.165) is 38.7 Å². The normalized spacial score (nSPS) is 11.3. The van der Waals surface area contributed by atoms with Gasteiger partial charge in [-0.05, 0) is 24.2 Å². The summed E-state index contributed by atoms with van der Waals surface area (Å²) >= 11 is 0. The van der Waals surface area contributed by atoms with Gasteiger partial charge in [-0.15, -0.1) is 24.0 Å². The number of guanidine groups is 1. The zero-order valence-corrected chi connectivity index (χ0v) is 17.1. The van der Waals surface area contributed by atoms with E-state index in [2.05, 4.69) is 58.6 Å². The maximum absolute atomic E-state index is 5.01. The van der Waals surface area contributed by atoms with E-state index in [1.807, 2.05) is 0 Å². The first-order valence-corrected chi connectivity index (χ1v) is 7.97. The van der Waals surface area contributed by atoms with Crippen molar-refractivity contribution in [2.24, 2.45) is 4.99 Å². The number of methoxy groups -OCH3 is 1. The molecule has 0 saturated carbocycles. The maximum atomic E-state index is 5.01. The van der Waals surface area contributed by atoms with Gasteiger partial charge in [0.1, 0.15) is 0 Å². The lowest BCUT2D eigenvalue weighted by atomic mass is 10.1. The van der Waals surface area contributed by atoms with Gasteiger partial charge in [0.05, 0.1) is 6.61 Å². The highest BCUT2D eigenvalue weighted by Gasteiger charge is 2.02. The monoisotopic (exact) mass is 434 g/mol. The van der Waals surface area contributed by atoms with Crippen molar-refractivity contribution in [3.8, 4) is 0 Å². The van der Waals surface area contributed by atoms with Crippen LogP contribution in [0.3, 0.4) is 0 Å². The fraction of sp³-hybridized carbons (Fsp3) is 0.588. The Balaban J connectivity index is 0.00000484. The summed E-state index contributed by atoms with van der Waals surface area (Å²) in [6.45, 7) is 9.76. The molecule has 0 saturated heterocycles. The summed E-state index contributed by atoms with van der Waals surface area (Å²) < 4.78 is 5.01. The lowest BCUT2D eigenvalue weighted by molar-refractivity contribution is 0.203. The fourth-order valence-corrected chi connectivity index (χ4v) is 2.15. The van der Waals surface area contributed by atoms with Gasteiger partial charge < -0.3 is 15.4 Å². The molecule has 0 heterocycles. The average molecular weight is 434 g/mol. The third-order valence-electron chi connectivity index (χ3n) is 3.61. The summed E-state index contributed by atoms with van der Waals surface area (Å²) in [5.41, 5.74) is 2.60. The Bertz CT molecular complexity index is 433. The zero-order valence-electron chi connectivity index (χ0n) is 14.8. The molecule has 6 heteroatoms. The van der Waals surface area contributed by atoms with Gasteiger partial charge in [-0.2, -0.15) is 0 Å². The molecule has 0 radical (unpaired) electrons. The van der Waals surface area contributed by atoms with Crippen LogP contribution in [0.2, 0.25) is 0 Å². The predicted molar refractivity (Wildman–Crippen MR) is 109 cm³/mol. The Hall–Kier alpha value is -0.860. The number of nitrogens with one attached hydrogen (secondary N) is 2. The predicted octanol–water partition coefficient (Wildman–Crippen LogP) is 2.46. The van der Waals surface area contributed by atoms with Crippen LogP contribution in [0.15, 0.2) is 29.3 Å². The summed E-state index contributed by atoms with van der Waals surface area (Å²) in [5, 5.41) is 6.50. The second-order valence-electron chi connectivity index (χ2n) is 5.12. The minimum Gasteiger partial charge on any atom is -0.383 e. The Morgan fingerprint density at radius 1 is 1.09 bits per heavy atom. The maximum Gasteiger partial charge on any atom is 0.191 e. The van der Waals surface area contributed by atoms with Gasteiger partial charge in [0.25, 0.3) is 0 Å². The van der Waals surface area contributed by atoms with Crippen molar-refractivity contribution in [1.29, 1.82) is 0 Å². The molecule has 0 aromatic heterocycles. The van der Waals surface area contributed by atoms with E-state index in [1.165, 1.54) is 11.1 Å². The number of rotatable bonds is 9. The van der Waals surface area contributed by atoms with E-state index in [4.69, 9.17) is 4.74 Å². The number of hydrogen-bond acceptors (Lipinski definition) is 3. The van der Waals surface area contributed by atoms with Crippen LogP contribution in [-0.2, 0) is 17.8 Å². The largest absolute Gasteiger partial charge is 0.383 e. The minimum absolute atomic E-state index is 0. The first kappa shape index (κ1) is 22.1. The molecule has 132 valence electrons. The number of ether oxygens (including phenoxy) is 1. The van der Waals surface area contributed by atoms with Crippen LogP contribution in [0.1, 0.15) is 25.0 Å². The molecular weight excluding hydrogens is 403 g/mol. The molecule has 1 rings (SSSR count). The van der Waals surface area contributed by atoms with Crippen LogP contribution in [-0.4, -0.2) is 51.3 Å². The van der Waals surface area contributed by atoms with E-state index >= 15 is 0 Å². The fourth-order valence-electron chi connectivity index (χ4n) is 2.15. The third-order valence-corrected chi connectivity index (χ3v) is 3.61. The second-order valence-corrected chi connectivity index (χ2v) is 5.12.